The summed E-state index contributed by atoms with van der Waals surface area (Å²) in [6.07, 6.45) is 17.4. The van der Waals surface area contributed by atoms with Crippen molar-refractivity contribution < 1.29 is 4.74 Å². The molecular formula is C18H29IO. The van der Waals surface area contributed by atoms with Crippen LogP contribution in [0.3, 0.4) is 0 Å². The van der Waals surface area contributed by atoms with Crippen LogP contribution in [-0.4, -0.2) is 16.1 Å². The van der Waals surface area contributed by atoms with Gasteiger partial charge in [-0.3, -0.25) is 0 Å². The van der Waals surface area contributed by atoms with Crippen molar-refractivity contribution in [1.29, 1.82) is 0 Å². The molecule has 4 fully saturated rings. The van der Waals surface area contributed by atoms with Crippen LogP contribution in [0.1, 0.15) is 70.6 Å². The molecule has 2 heteroatoms. The Morgan fingerprint density at radius 1 is 0.650 bits per heavy atom. The van der Waals surface area contributed by atoms with Crippen LogP contribution >= 0.6 is 22.6 Å². The van der Waals surface area contributed by atoms with Crippen molar-refractivity contribution in [3.05, 3.63) is 0 Å². The minimum absolute atomic E-state index is 0.653. The van der Waals surface area contributed by atoms with Gasteiger partial charge in [0.05, 0.1) is 12.2 Å². The molecule has 1 aliphatic heterocycles. The average molecular weight is 388 g/mol. The second-order valence-electron chi connectivity index (χ2n) is 7.86. The summed E-state index contributed by atoms with van der Waals surface area (Å²) in [4.78, 5) is 0. The SMILES string of the molecule is IC1CCC(C2CCCC3C2O[C@@H]2CCCCC32)CC1. The molecule has 0 amide bonds. The van der Waals surface area contributed by atoms with E-state index < -0.39 is 0 Å². The minimum Gasteiger partial charge on any atom is -0.374 e. The Labute approximate surface area is 137 Å². The lowest BCUT2D eigenvalue weighted by Crippen LogP contribution is -2.38. The first-order chi connectivity index (χ1) is 9.83. The van der Waals surface area contributed by atoms with Crippen LogP contribution in [0.15, 0.2) is 0 Å². The highest BCUT2D eigenvalue weighted by atomic mass is 127. The van der Waals surface area contributed by atoms with Crippen molar-refractivity contribution >= 4 is 22.6 Å². The number of fused-ring (bicyclic) bond motifs is 3. The zero-order chi connectivity index (χ0) is 13.5. The van der Waals surface area contributed by atoms with Gasteiger partial charge in [0, 0.05) is 3.92 Å². The number of rotatable bonds is 1. The first-order valence-corrected chi connectivity index (χ1v) is 10.4. The Bertz CT molecular complexity index is 336. The molecule has 1 nitrogen and oxygen atoms in total. The quantitative estimate of drug-likeness (QED) is 0.434. The summed E-state index contributed by atoms with van der Waals surface area (Å²) in [5, 5.41) is 0. The lowest BCUT2D eigenvalue weighted by molar-refractivity contribution is -0.0462. The lowest BCUT2D eigenvalue weighted by Gasteiger charge is -2.41. The minimum atomic E-state index is 0.653. The van der Waals surface area contributed by atoms with E-state index in [0.717, 1.165) is 27.6 Å². The zero-order valence-corrected chi connectivity index (χ0v) is 14.8. The maximum absolute atomic E-state index is 6.66. The first-order valence-electron chi connectivity index (χ1n) is 9.12. The molecule has 1 saturated heterocycles. The summed E-state index contributed by atoms with van der Waals surface area (Å²) in [5.74, 6) is 3.80. The van der Waals surface area contributed by atoms with Crippen LogP contribution in [0.25, 0.3) is 0 Å². The predicted molar refractivity (Wildman–Crippen MR) is 91.2 cm³/mol. The van der Waals surface area contributed by atoms with Gasteiger partial charge in [-0.25, -0.2) is 0 Å². The summed E-state index contributed by atoms with van der Waals surface area (Å²) in [5.41, 5.74) is 0. The maximum Gasteiger partial charge on any atom is 0.0641 e. The highest BCUT2D eigenvalue weighted by molar-refractivity contribution is 14.1. The molecule has 0 spiro atoms. The number of ether oxygens (including phenoxy) is 1. The molecule has 20 heavy (non-hydrogen) atoms. The summed E-state index contributed by atoms with van der Waals surface area (Å²) in [6.45, 7) is 0. The third kappa shape index (κ3) is 2.57. The third-order valence-electron chi connectivity index (χ3n) is 6.86. The van der Waals surface area contributed by atoms with Crippen LogP contribution in [0.2, 0.25) is 0 Å². The standard InChI is InChI=1S/C18H29IO/c19-13-10-8-12(9-11-13)14-5-3-6-16-15-4-1-2-7-17(15)20-18(14)16/h12-18H,1-11H2/t12?,13?,14?,15?,16?,17-,18?/m1/s1. The summed E-state index contributed by atoms with van der Waals surface area (Å²) >= 11 is 2.66. The summed E-state index contributed by atoms with van der Waals surface area (Å²) in [6, 6.07) is 0. The Hall–Kier alpha value is 0.690. The fourth-order valence-corrected chi connectivity index (χ4v) is 6.61. The van der Waals surface area contributed by atoms with E-state index >= 15 is 0 Å². The van der Waals surface area contributed by atoms with Crippen LogP contribution in [-0.2, 0) is 4.74 Å². The third-order valence-corrected chi connectivity index (χ3v) is 8.11. The molecule has 3 aliphatic carbocycles. The van der Waals surface area contributed by atoms with Gasteiger partial charge in [0.2, 0.25) is 0 Å². The van der Waals surface area contributed by atoms with Crippen molar-refractivity contribution in [3.63, 3.8) is 0 Å². The molecular weight excluding hydrogens is 359 g/mol. The monoisotopic (exact) mass is 388 g/mol. The fraction of sp³-hybridized carbons (Fsp3) is 1.00. The lowest BCUT2D eigenvalue weighted by atomic mass is 9.65. The predicted octanol–water partition coefficient (Wildman–Crippen LogP) is 5.35. The molecule has 5 atom stereocenters. The van der Waals surface area contributed by atoms with Crippen molar-refractivity contribution in [3.8, 4) is 0 Å². The number of alkyl halides is 1. The largest absolute Gasteiger partial charge is 0.374 e. The highest BCUT2D eigenvalue weighted by Crippen LogP contribution is 2.52. The second kappa shape index (κ2) is 6.06. The number of hydrogen-bond acceptors (Lipinski definition) is 1. The smallest absolute Gasteiger partial charge is 0.0641 e. The Kier molecular flexibility index (Phi) is 4.33. The van der Waals surface area contributed by atoms with E-state index in [2.05, 4.69) is 22.6 Å². The molecule has 4 aliphatic rings. The number of halogens is 1. The van der Waals surface area contributed by atoms with Gasteiger partial charge < -0.3 is 4.74 Å². The molecule has 114 valence electrons. The topological polar surface area (TPSA) is 9.23 Å². The molecule has 0 bridgehead atoms. The van der Waals surface area contributed by atoms with E-state index in [1.54, 1.807) is 0 Å². The Morgan fingerprint density at radius 2 is 1.35 bits per heavy atom. The molecule has 0 aromatic heterocycles. The van der Waals surface area contributed by atoms with Crippen molar-refractivity contribution in [2.24, 2.45) is 23.7 Å². The van der Waals surface area contributed by atoms with Crippen molar-refractivity contribution in [2.45, 2.75) is 86.8 Å². The highest BCUT2D eigenvalue weighted by Gasteiger charge is 2.50. The van der Waals surface area contributed by atoms with Gasteiger partial charge in [-0.2, -0.15) is 0 Å². The van der Waals surface area contributed by atoms with E-state index in [1.165, 1.54) is 70.6 Å². The van der Waals surface area contributed by atoms with Gasteiger partial charge in [0.25, 0.3) is 0 Å². The molecule has 3 saturated carbocycles. The second-order valence-corrected chi connectivity index (χ2v) is 9.62. The molecule has 0 N–H and O–H groups in total. The van der Waals surface area contributed by atoms with Crippen LogP contribution in [0.5, 0.6) is 0 Å². The average Bonchev–Trinajstić information content (AvgIpc) is 2.87. The van der Waals surface area contributed by atoms with Gasteiger partial charge in [-0.05, 0) is 75.0 Å². The van der Waals surface area contributed by atoms with Gasteiger partial charge >= 0.3 is 0 Å². The van der Waals surface area contributed by atoms with E-state index in [1.807, 2.05) is 0 Å². The van der Waals surface area contributed by atoms with Crippen LogP contribution < -0.4 is 0 Å². The van der Waals surface area contributed by atoms with Gasteiger partial charge in [-0.15, -0.1) is 0 Å². The fourth-order valence-electron chi connectivity index (χ4n) is 5.89. The van der Waals surface area contributed by atoms with E-state index in [4.69, 9.17) is 4.74 Å². The first kappa shape index (κ1) is 14.3. The Balaban J connectivity index is 1.47. The molecule has 4 rings (SSSR count). The number of hydrogen-bond donors (Lipinski definition) is 0. The van der Waals surface area contributed by atoms with E-state index in [9.17, 15) is 0 Å². The maximum atomic E-state index is 6.66. The molecule has 0 radical (unpaired) electrons. The van der Waals surface area contributed by atoms with E-state index in [0.29, 0.717) is 12.2 Å². The normalized spacial score (nSPS) is 52.4. The molecule has 0 aromatic carbocycles. The van der Waals surface area contributed by atoms with Crippen molar-refractivity contribution in [2.75, 3.05) is 0 Å². The van der Waals surface area contributed by atoms with Crippen LogP contribution in [0, 0.1) is 23.7 Å². The zero-order valence-electron chi connectivity index (χ0n) is 12.6. The molecule has 0 aromatic rings. The molecule has 1 heterocycles. The molecule has 4 unspecified atom stereocenters. The van der Waals surface area contributed by atoms with Crippen LogP contribution in [0.4, 0.5) is 0 Å². The van der Waals surface area contributed by atoms with Gasteiger partial charge in [0.15, 0.2) is 0 Å². The van der Waals surface area contributed by atoms with Gasteiger partial charge in [0.1, 0.15) is 0 Å². The van der Waals surface area contributed by atoms with E-state index in [-0.39, 0.29) is 0 Å². The van der Waals surface area contributed by atoms with Crippen molar-refractivity contribution in [1.82, 2.24) is 0 Å². The summed E-state index contributed by atoms with van der Waals surface area (Å²) in [7, 11) is 0. The Morgan fingerprint density at radius 3 is 2.20 bits per heavy atom. The summed E-state index contributed by atoms with van der Waals surface area (Å²) < 4.78 is 7.61. The van der Waals surface area contributed by atoms with Gasteiger partial charge in [-0.1, -0.05) is 41.9 Å².